The zero-order valence-corrected chi connectivity index (χ0v) is 11.7. The number of benzene rings is 1. The average molecular weight is 261 g/mol. The van der Waals surface area contributed by atoms with Gasteiger partial charge in [-0.2, -0.15) is 5.10 Å². The summed E-state index contributed by atoms with van der Waals surface area (Å²) in [6.45, 7) is 2.07. The third-order valence-electron chi connectivity index (χ3n) is 3.27. The van der Waals surface area contributed by atoms with Crippen molar-refractivity contribution < 1.29 is 9.47 Å². The number of anilines is 1. The molecule has 2 aromatic rings. The number of aromatic nitrogens is 2. The molecule has 0 bridgehead atoms. The highest BCUT2D eigenvalue weighted by Gasteiger charge is 2.18. The summed E-state index contributed by atoms with van der Waals surface area (Å²) in [6.07, 6.45) is 2.57. The monoisotopic (exact) mass is 261 g/mol. The molecule has 2 N–H and O–H groups in total. The second-order valence-corrected chi connectivity index (χ2v) is 4.25. The zero-order valence-electron chi connectivity index (χ0n) is 11.7. The summed E-state index contributed by atoms with van der Waals surface area (Å²) in [7, 11) is 5.13. The number of hydrogen-bond acceptors (Lipinski definition) is 4. The third kappa shape index (κ3) is 2.12. The molecule has 0 unspecified atom stereocenters. The van der Waals surface area contributed by atoms with Crippen LogP contribution in [0.4, 0.5) is 5.82 Å². The molecule has 1 heterocycles. The smallest absolute Gasteiger partial charge is 0.133 e. The number of hydrogen-bond donors (Lipinski definition) is 1. The molecule has 0 aliphatic heterocycles. The van der Waals surface area contributed by atoms with E-state index in [0.29, 0.717) is 5.82 Å². The molecule has 19 heavy (non-hydrogen) atoms. The minimum absolute atomic E-state index is 0.616. The Morgan fingerprint density at radius 3 is 2.42 bits per heavy atom. The van der Waals surface area contributed by atoms with E-state index in [1.807, 2.05) is 19.2 Å². The maximum Gasteiger partial charge on any atom is 0.133 e. The maximum absolute atomic E-state index is 6.03. The summed E-state index contributed by atoms with van der Waals surface area (Å²) in [6, 6.07) is 3.88. The molecule has 0 fully saturated rings. The van der Waals surface area contributed by atoms with Crippen LogP contribution in [-0.2, 0) is 13.5 Å². The van der Waals surface area contributed by atoms with Crippen LogP contribution >= 0.6 is 0 Å². The number of aryl methyl sites for hydroxylation is 1. The number of rotatable bonds is 4. The van der Waals surface area contributed by atoms with Crippen LogP contribution in [-0.4, -0.2) is 24.0 Å². The minimum Gasteiger partial charge on any atom is -0.496 e. The Bertz CT molecular complexity index is 591. The van der Waals surface area contributed by atoms with Gasteiger partial charge in [-0.05, 0) is 18.6 Å². The van der Waals surface area contributed by atoms with E-state index in [4.69, 9.17) is 15.2 Å². The Hall–Kier alpha value is -2.17. The van der Waals surface area contributed by atoms with Gasteiger partial charge in [-0.15, -0.1) is 0 Å². The summed E-state index contributed by atoms with van der Waals surface area (Å²) < 4.78 is 12.6. The minimum atomic E-state index is 0.616. The van der Waals surface area contributed by atoms with Gasteiger partial charge >= 0.3 is 0 Å². The molecule has 0 aliphatic rings. The Kier molecular flexibility index (Phi) is 3.64. The van der Waals surface area contributed by atoms with Crippen LogP contribution in [0, 0.1) is 0 Å². The topological polar surface area (TPSA) is 62.3 Å². The van der Waals surface area contributed by atoms with Crippen LogP contribution in [0.3, 0.4) is 0 Å². The molecule has 0 atom stereocenters. The van der Waals surface area contributed by atoms with Crippen molar-refractivity contribution in [3.63, 3.8) is 0 Å². The highest BCUT2D eigenvalue weighted by atomic mass is 16.5. The molecular formula is C14H19N3O2. The van der Waals surface area contributed by atoms with Gasteiger partial charge in [0, 0.05) is 23.7 Å². The molecule has 0 amide bonds. The SMILES string of the molecule is CCc1c(OC)ccc(-c2cnn(C)c2N)c1OC. The van der Waals surface area contributed by atoms with Gasteiger partial charge in [0.25, 0.3) is 0 Å². The maximum atomic E-state index is 6.03. The van der Waals surface area contributed by atoms with Crippen molar-refractivity contribution in [1.82, 2.24) is 9.78 Å². The van der Waals surface area contributed by atoms with Crippen molar-refractivity contribution in [2.75, 3.05) is 20.0 Å². The molecule has 2 rings (SSSR count). The van der Waals surface area contributed by atoms with Crippen LogP contribution in [0.5, 0.6) is 11.5 Å². The van der Waals surface area contributed by atoms with E-state index >= 15 is 0 Å². The summed E-state index contributed by atoms with van der Waals surface area (Å²) in [4.78, 5) is 0. The first-order chi connectivity index (χ1) is 9.13. The lowest BCUT2D eigenvalue weighted by atomic mass is 10.0. The van der Waals surface area contributed by atoms with Crippen LogP contribution in [0.15, 0.2) is 18.3 Å². The lowest BCUT2D eigenvalue weighted by Gasteiger charge is -2.15. The van der Waals surface area contributed by atoms with Gasteiger partial charge in [-0.1, -0.05) is 6.92 Å². The number of nitrogens with zero attached hydrogens (tertiary/aromatic N) is 2. The van der Waals surface area contributed by atoms with Gasteiger partial charge in [0.1, 0.15) is 17.3 Å². The van der Waals surface area contributed by atoms with E-state index in [9.17, 15) is 0 Å². The van der Waals surface area contributed by atoms with Crippen molar-refractivity contribution in [3.05, 3.63) is 23.9 Å². The fourth-order valence-electron chi connectivity index (χ4n) is 2.24. The van der Waals surface area contributed by atoms with Crippen molar-refractivity contribution >= 4 is 5.82 Å². The van der Waals surface area contributed by atoms with Crippen molar-refractivity contribution in [2.24, 2.45) is 7.05 Å². The van der Waals surface area contributed by atoms with E-state index in [1.54, 1.807) is 25.1 Å². The van der Waals surface area contributed by atoms with E-state index < -0.39 is 0 Å². The van der Waals surface area contributed by atoms with Crippen molar-refractivity contribution in [2.45, 2.75) is 13.3 Å². The van der Waals surface area contributed by atoms with Crippen molar-refractivity contribution in [1.29, 1.82) is 0 Å². The lowest BCUT2D eigenvalue weighted by molar-refractivity contribution is 0.387. The van der Waals surface area contributed by atoms with Gasteiger partial charge in [0.05, 0.1) is 20.4 Å². The van der Waals surface area contributed by atoms with Crippen molar-refractivity contribution in [3.8, 4) is 22.6 Å². The average Bonchev–Trinajstić information content (AvgIpc) is 2.77. The first-order valence-electron chi connectivity index (χ1n) is 6.15. The normalized spacial score (nSPS) is 10.5. The van der Waals surface area contributed by atoms with E-state index in [0.717, 1.165) is 34.6 Å². The largest absolute Gasteiger partial charge is 0.496 e. The van der Waals surface area contributed by atoms with Gasteiger partial charge in [-0.25, -0.2) is 0 Å². The first-order valence-corrected chi connectivity index (χ1v) is 6.15. The molecule has 5 heteroatoms. The van der Waals surface area contributed by atoms with Gasteiger partial charge in [-0.3, -0.25) is 4.68 Å². The molecule has 0 saturated heterocycles. The molecule has 1 aromatic carbocycles. The molecule has 1 aromatic heterocycles. The number of nitrogens with two attached hydrogens (primary N) is 1. The molecule has 5 nitrogen and oxygen atoms in total. The van der Waals surface area contributed by atoms with Crippen LogP contribution < -0.4 is 15.2 Å². The Morgan fingerprint density at radius 2 is 1.95 bits per heavy atom. The summed E-state index contributed by atoms with van der Waals surface area (Å²) in [5.74, 6) is 2.23. The quantitative estimate of drug-likeness (QED) is 0.917. The predicted octanol–water partition coefficient (Wildman–Crippen LogP) is 2.25. The lowest BCUT2D eigenvalue weighted by Crippen LogP contribution is -2.00. The van der Waals surface area contributed by atoms with Crippen LogP contribution in [0.1, 0.15) is 12.5 Å². The molecule has 0 spiro atoms. The second-order valence-electron chi connectivity index (χ2n) is 4.25. The van der Waals surface area contributed by atoms with E-state index in [-0.39, 0.29) is 0 Å². The highest BCUT2D eigenvalue weighted by molar-refractivity contribution is 5.80. The number of nitrogen functional groups attached to an aromatic ring is 1. The highest BCUT2D eigenvalue weighted by Crippen LogP contribution is 2.40. The number of ether oxygens (including phenoxy) is 2. The van der Waals surface area contributed by atoms with E-state index in [2.05, 4.69) is 12.0 Å². The molecular weight excluding hydrogens is 242 g/mol. The third-order valence-corrected chi connectivity index (χ3v) is 3.27. The summed E-state index contributed by atoms with van der Waals surface area (Å²) in [5.41, 5.74) is 8.87. The van der Waals surface area contributed by atoms with Gasteiger partial charge < -0.3 is 15.2 Å². The molecule has 0 radical (unpaired) electrons. The van der Waals surface area contributed by atoms with Gasteiger partial charge in [0.2, 0.25) is 0 Å². The first kappa shape index (κ1) is 13.3. The second kappa shape index (κ2) is 5.22. The molecule has 102 valence electrons. The Morgan fingerprint density at radius 1 is 1.21 bits per heavy atom. The Balaban J connectivity index is 2.67. The Labute approximate surface area is 112 Å². The van der Waals surface area contributed by atoms with Gasteiger partial charge in [0.15, 0.2) is 0 Å². The predicted molar refractivity (Wildman–Crippen MR) is 75.5 cm³/mol. The fourth-order valence-corrected chi connectivity index (χ4v) is 2.24. The molecule has 0 aliphatic carbocycles. The number of methoxy groups -OCH3 is 2. The zero-order chi connectivity index (χ0) is 14.0. The fraction of sp³-hybridized carbons (Fsp3) is 0.357. The van der Waals surface area contributed by atoms with E-state index in [1.165, 1.54) is 0 Å². The standard InChI is InChI=1S/C14H19N3O2/c1-5-9-12(18-3)7-6-10(13(9)19-4)11-8-16-17(2)14(11)15/h6-8H,5,15H2,1-4H3. The van der Waals surface area contributed by atoms with Crippen LogP contribution in [0.2, 0.25) is 0 Å². The van der Waals surface area contributed by atoms with Crippen LogP contribution in [0.25, 0.3) is 11.1 Å². The molecule has 0 saturated carbocycles. The summed E-state index contributed by atoms with van der Waals surface area (Å²) in [5, 5.41) is 4.17. The summed E-state index contributed by atoms with van der Waals surface area (Å²) >= 11 is 0.